The smallest absolute Gasteiger partial charge is 0.0200 e. The van der Waals surface area contributed by atoms with Gasteiger partial charge in [-0.05, 0) is 25.5 Å². The zero-order valence-electron chi connectivity index (χ0n) is 6.30. The van der Waals surface area contributed by atoms with E-state index in [-0.39, 0.29) is 0 Å². The molecule has 0 bridgehead atoms. The van der Waals surface area contributed by atoms with Crippen LogP contribution in [0.3, 0.4) is 0 Å². The molecule has 1 rings (SSSR count). The summed E-state index contributed by atoms with van der Waals surface area (Å²) in [5.74, 6) is 0.856. The summed E-state index contributed by atoms with van der Waals surface area (Å²) < 4.78 is 0. The van der Waals surface area contributed by atoms with Crippen LogP contribution in [0.2, 0.25) is 0 Å². The van der Waals surface area contributed by atoms with Crippen LogP contribution in [-0.2, 0) is 0 Å². The number of nitrogens with zero attached hydrogens (tertiary/aromatic N) is 1. The maximum atomic E-state index is 2.36. The maximum Gasteiger partial charge on any atom is 0.0200 e. The molecule has 0 aromatic rings. The first-order valence-electron chi connectivity index (χ1n) is 3.73. The van der Waals surface area contributed by atoms with Crippen molar-refractivity contribution in [2.24, 2.45) is 5.92 Å². The zero-order valence-corrected chi connectivity index (χ0v) is 6.30. The summed E-state index contributed by atoms with van der Waals surface area (Å²) in [6, 6.07) is 0. The van der Waals surface area contributed by atoms with Gasteiger partial charge in [0.2, 0.25) is 0 Å². The summed E-state index contributed by atoms with van der Waals surface area (Å²) >= 11 is 0. The predicted octanol–water partition coefficient (Wildman–Crippen LogP) is 1.86. The minimum atomic E-state index is 0.856. The predicted molar refractivity (Wildman–Crippen MR) is 40.2 cm³/mol. The molecule has 0 fully saturated rings. The largest absolute Gasteiger partial charge is 0.378 e. The Labute approximate surface area is 57.4 Å². The van der Waals surface area contributed by atoms with Crippen LogP contribution >= 0.6 is 0 Å². The van der Waals surface area contributed by atoms with E-state index in [9.17, 15) is 0 Å². The first-order valence-corrected chi connectivity index (χ1v) is 3.73. The van der Waals surface area contributed by atoms with E-state index in [4.69, 9.17) is 0 Å². The third-order valence-corrected chi connectivity index (χ3v) is 1.81. The Morgan fingerprint density at radius 3 is 2.89 bits per heavy atom. The fourth-order valence-electron chi connectivity index (χ4n) is 1.21. The van der Waals surface area contributed by atoms with Gasteiger partial charge in [-0.3, -0.25) is 0 Å². The lowest BCUT2D eigenvalue weighted by Gasteiger charge is -2.25. The van der Waals surface area contributed by atoms with Gasteiger partial charge in [-0.25, -0.2) is 0 Å². The van der Waals surface area contributed by atoms with Crippen molar-refractivity contribution >= 4 is 0 Å². The van der Waals surface area contributed by atoms with E-state index in [1.54, 1.807) is 0 Å². The lowest BCUT2D eigenvalue weighted by atomic mass is 10.1. The summed E-state index contributed by atoms with van der Waals surface area (Å²) in [6.45, 7) is 6.89. The molecule has 0 radical (unpaired) electrons. The molecular weight excluding hydrogens is 110 g/mol. The summed E-state index contributed by atoms with van der Waals surface area (Å²) in [5.41, 5.74) is 0. The van der Waals surface area contributed by atoms with Crippen LogP contribution in [0, 0.1) is 5.92 Å². The van der Waals surface area contributed by atoms with Crippen molar-refractivity contribution in [3.05, 3.63) is 12.3 Å². The molecule has 1 aliphatic rings. The summed E-state index contributed by atoms with van der Waals surface area (Å²) in [5, 5.41) is 0. The standard InChI is InChI=1S/C8H15N/c1-3-9-6-4-5-8(2)7-9/h4,6,8H,3,5,7H2,1-2H3/t8-/m1/s1. The normalized spacial score (nSPS) is 26.9. The maximum absolute atomic E-state index is 2.36. The average Bonchev–Trinajstić information content (AvgIpc) is 1.88. The second-order valence-corrected chi connectivity index (χ2v) is 2.81. The molecule has 1 heterocycles. The van der Waals surface area contributed by atoms with Gasteiger partial charge in [-0.15, -0.1) is 0 Å². The molecule has 0 aromatic carbocycles. The van der Waals surface area contributed by atoms with Gasteiger partial charge in [0.25, 0.3) is 0 Å². The van der Waals surface area contributed by atoms with E-state index < -0.39 is 0 Å². The van der Waals surface area contributed by atoms with E-state index in [1.165, 1.54) is 13.0 Å². The van der Waals surface area contributed by atoms with Crippen molar-refractivity contribution in [2.75, 3.05) is 13.1 Å². The highest BCUT2D eigenvalue weighted by Gasteiger charge is 2.07. The Kier molecular flexibility index (Phi) is 2.15. The van der Waals surface area contributed by atoms with Gasteiger partial charge in [-0.1, -0.05) is 13.0 Å². The highest BCUT2D eigenvalue weighted by atomic mass is 15.1. The fraction of sp³-hybridized carbons (Fsp3) is 0.750. The molecule has 9 heavy (non-hydrogen) atoms. The van der Waals surface area contributed by atoms with Crippen molar-refractivity contribution in [2.45, 2.75) is 20.3 Å². The number of hydrogen-bond donors (Lipinski definition) is 0. The van der Waals surface area contributed by atoms with E-state index in [0.29, 0.717) is 0 Å². The van der Waals surface area contributed by atoms with Gasteiger partial charge in [0, 0.05) is 13.1 Å². The SMILES string of the molecule is CCN1C=CC[C@@H](C)C1. The van der Waals surface area contributed by atoms with Crippen LogP contribution in [0.25, 0.3) is 0 Å². The van der Waals surface area contributed by atoms with Crippen LogP contribution in [0.4, 0.5) is 0 Å². The molecule has 52 valence electrons. The van der Waals surface area contributed by atoms with Gasteiger partial charge in [0.15, 0.2) is 0 Å². The molecule has 0 aromatic heterocycles. The quantitative estimate of drug-likeness (QED) is 0.517. The Hall–Kier alpha value is -0.460. The summed E-state index contributed by atoms with van der Waals surface area (Å²) in [4.78, 5) is 2.36. The van der Waals surface area contributed by atoms with Gasteiger partial charge >= 0.3 is 0 Å². The van der Waals surface area contributed by atoms with Crippen LogP contribution in [0.5, 0.6) is 0 Å². The van der Waals surface area contributed by atoms with E-state index in [2.05, 4.69) is 31.0 Å². The Balaban J connectivity index is 2.39. The van der Waals surface area contributed by atoms with Gasteiger partial charge in [0.1, 0.15) is 0 Å². The van der Waals surface area contributed by atoms with Crippen LogP contribution < -0.4 is 0 Å². The van der Waals surface area contributed by atoms with Crippen molar-refractivity contribution in [3.8, 4) is 0 Å². The molecule has 0 N–H and O–H groups in total. The Bertz CT molecular complexity index is 107. The molecule has 1 heteroatoms. The molecule has 1 nitrogen and oxygen atoms in total. The van der Waals surface area contributed by atoms with E-state index in [1.807, 2.05) is 0 Å². The average molecular weight is 125 g/mol. The van der Waals surface area contributed by atoms with Gasteiger partial charge in [-0.2, -0.15) is 0 Å². The molecule has 0 saturated carbocycles. The molecule has 0 saturated heterocycles. The Morgan fingerprint density at radius 2 is 2.44 bits per heavy atom. The van der Waals surface area contributed by atoms with Gasteiger partial charge in [0.05, 0.1) is 0 Å². The number of hydrogen-bond acceptors (Lipinski definition) is 1. The summed E-state index contributed by atoms with van der Waals surface area (Å²) in [7, 11) is 0. The topological polar surface area (TPSA) is 3.24 Å². The van der Waals surface area contributed by atoms with Gasteiger partial charge < -0.3 is 4.90 Å². The summed E-state index contributed by atoms with van der Waals surface area (Å²) in [6.07, 6.45) is 5.73. The fourth-order valence-corrected chi connectivity index (χ4v) is 1.21. The molecule has 0 aliphatic carbocycles. The highest BCUT2D eigenvalue weighted by molar-refractivity contribution is 4.89. The van der Waals surface area contributed by atoms with E-state index in [0.717, 1.165) is 12.5 Å². The third-order valence-electron chi connectivity index (χ3n) is 1.81. The molecule has 1 atom stereocenters. The van der Waals surface area contributed by atoms with Crippen LogP contribution in [0.1, 0.15) is 20.3 Å². The van der Waals surface area contributed by atoms with Crippen molar-refractivity contribution in [1.82, 2.24) is 4.90 Å². The molecule has 1 aliphatic heterocycles. The molecular formula is C8H15N. The minimum Gasteiger partial charge on any atom is -0.378 e. The third kappa shape index (κ3) is 1.74. The minimum absolute atomic E-state index is 0.856. The Morgan fingerprint density at radius 1 is 1.67 bits per heavy atom. The molecule has 0 amide bonds. The van der Waals surface area contributed by atoms with Crippen molar-refractivity contribution < 1.29 is 0 Å². The lowest BCUT2D eigenvalue weighted by molar-refractivity contribution is 0.314. The van der Waals surface area contributed by atoms with Crippen LogP contribution in [0.15, 0.2) is 12.3 Å². The van der Waals surface area contributed by atoms with Crippen molar-refractivity contribution in [1.29, 1.82) is 0 Å². The molecule has 0 unspecified atom stereocenters. The molecule has 0 spiro atoms. The lowest BCUT2D eigenvalue weighted by Crippen LogP contribution is -2.25. The highest BCUT2D eigenvalue weighted by Crippen LogP contribution is 2.11. The first-order chi connectivity index (χ1) is 4.33. The monoisotopic (exact) mass is 125 g/mol. The zero-order chi connectivity index (χ0) is 6.69. The van der Waals surface area contributed by atoms with E-state index >= 15 is 0 Å². The second-order valence-electron chi connectivity index (χ2n) is 2.81. The van der Waals surface area contributed by atoms with Crippen molar-refractivity contribution in [3.63, 3.8) is 0 Å². The number of rotatable bonds is 1. The first kappa shape index (κ1) is 6.66. The van der Waals surface area contributed by atoms with Crippen LogP contribution in [-0.4, -0.2) is 18.0 Å². The second kappa shape index (κ2) is 2.90. The number of allylic oxidation sites excluding steroid dienone is 1.